The molecule has 3 rings (SSSR count). The molecule has 2 atom stereocenters. The second-order valence-electron chi connectivity index (χ2n) is 7.01. The average molecular weight is 494 g/mol. The SMILES string of the molecule is CN=C(NCC(C)c1ccccc1)NC1CCN(c2ccccc2OC)C1.I. The number of methoxy groups -OCH3 is 1. The van der Waals surface area contributed by atoms with Gasteiger partial charge in [0.25, 0.3) is 0 Å². The molecule has 2 aromatic carbocycles. The summed E-state index contributed by atoms with van der Waals surface area (Å²) in [5, 5.41) is 7.03. The van der Waals surface area contributed by atoms with Gasteiger partial charge in [-0.2, -0.15) is 0 Å². The Hall–Kier alpha value is -1.96. The normalized spacial score (nSPS) is 17.6. The summed E-state index contributed by atoms with van der Waals surface area (Å²) in [6.45, 7) is 5.03. The largest absolute Gasteiger partial charge is 0.495 e. The van der Waals surface area contributed by atoms with Crippen molar-refractivity contribution >= 4 is 35.6 Å². The number of aliphatic imine (C=N–C) groups is 1. The highest BCUT2D eigenvalue weighted by molar-refractivity contribution is 14.0. The zero-order chi connectivity index (χ0) is 19.1. The zero-order valence-electron chi connectivity index (χ0n) is 16.9. The summed E-state index contributed by atoms with van der Waals surface area (Å²) in [5.74, 6) is 2.22. The minimum Gasteiger partial charge on any atom is -0.495 e. The molecule has 1 fully saturated rings. The Morgan fingerprint density at radius 2 is 1.89 bits per heavy atom. The summed E-state index contributed by atoms with van der Waals surface area (Å²) in [6, 6.07) is 19.1. The maximum absolute atomic E-state index is 5.50. The fraction of sp³-hybridized carbons (Fsp3) is 0.409. The van der Waals surface area contributed by atoms with Gasteiger partial charge in [-0.15, -0.1) is 24.0 Å². The summed E-state index contributed by atoms with van der Waals surface area (Å²) >= 11 is 0. The molecule has 28 heavy (non-hydrogen) atoms. The molecule has 0 amide bonds. The van der Waals surface area contributed by atoms with E-state index >= 15 is 0 Å². The van der Waals surface area contributed by atoms with Gasteiger partial charge >= 0.3 is 0 Å². The van der Waals surface area contributed by atoms with Gasteiger partial charge in [-0.05, 0) is 30.0 Å². The van der Waals surface area contributed by atoms with Crippen LogP contribution in [-0.2, 0) is 0 Å². The molecule has 0 aliphatic carbocycles. The lowest BCUT2D eigenvalue weighted by atomic mass is 10.0. The maximum atomic E-state index is 5.50. The summed E-state index contributed by atoms with van der Waals surface area (Å²) in [6.07, 6.45) is 1.08. The Labute approximate surface area is 185 Å². The quantitative estimate of drug-likeness (QED) is 0.364. The first kappa shape index (κ1) is 22.3. The van der Waals surface area contributed by atoms with Crippen LogP contribution in [0.3, 0.4) is 0 Å². The molecule has 152 valence electrons. The Morgan fingerprint density at radius 3 is 2.61 bits per heavy atom. The number of anilines is 1. The van der Waals surface area contributed by atoms with E-state index in [0.717, 1.165) is 43.5 Å². The zero-order valence-corrected chi connectivity index (χ0v) is 19.2. The molecule has 1 heterocycles. The van der Waals surface area contributed by atoms with Crippen LogP contribution < -0.4 is 20.3 Å². The standard InChI is InChI=1S/C22H30N4O.HI/c1-17(18-9-5-4-6-10-18)15-24-22(23-2)25-19-13-14-26(16-19)20-11-7-8-12-21(20)27-3;/h4-12,17,19H,13-16H2,1-3H3,(H2,23,24,25);1H. The summed E-state index contributed by atoms with van der Waals surface area (Å²) in [7, 11) is 3.56. The van der Waals surface area contributed by atoms with E-state index in [9.17, 15) is 0 Å². The van der Waals surface area contributed by atoms with Crippen molar-refractivity contribution in [2.24, 2.45) is 4.99 Å². The third-order valence-electron chi connectivity index (χ3n) is 5.12. The van der Waals surface area contributed by atoms with Crippen LogP contribution in [-0.4, -0.2) is 45.8 Å². The van der Waals surface area contributed by atoms with Gasteiger partial charge in [-0.1, -0.05) is 49.4 Å². The van der Waals surface area contributed by atoms with Crippen molar-refractivity contribution in [1.82, 2.24) is 10.6 Å². The summed E-state index contributed by atoms with van der Waals surface area (Å²) in [4.78, 5) is 6.77. The monoisotopic (exact) mass is 494 g/mol. The minimum absolute atomic E-state index is 0. The van der Waals surface area contributed by atoms with Crippen molar-refractivity contribution < 1.29 is 4.74 Å². The molecule has 0 bridgehead atoms. The number of para-hydroxylation sites is 2. The Bertz CT molecular complexity index is 753. The second kappa shape index (κ2) is 11.1. The van der Waals surface area contributed by atoms with Crippen LogP contribution in [0, 0.1) is 0 Å². The van der Waals surface area contributed by atoms with Crippen LogP contribution in [0.2, 0.25) is 0 Å². The fourth-order valence-corrected chi connectivity index (χ4v) is 3.53. The first-order chi connectivity index (χ1) is 13.2. The first-order valence-corrected chi connectivity index (χ1v) is 9.61. The third-order valence-corrected chi connectivity index (χ3v) is 5.12. The summed E-state index contributed by atoms with van der Waals surface area (Å²) < 4.78 is 5.50. The van der Waals surface area contributed by atoms with Crippen molar-refractivity contribution in [1.29, 1.82) is 0 Å². The summed E-state index contributed by atoms with van der Waals surface area (Å²) in [5.41, 5.74) is 2.49. The fourth-order valence-electron chi connectivity index (χ4n) is 3.53. The van der Waals surface area contributed by atoms with Gasteiger partial charge in [-0.3, -0.25) is 4.99 Å². The van der Waals surface area contributed by atoms with Gasteiger partial charge in [0.05, 0.1) is 12.8 Å². The van der Waals surface area contributed by atoms with E-state index in [1.807, 2.05) is 19.2 Å². The molecule has 2 unspecified atom stereocenters. The van der Waals surface area contributed by atoms with E-state index in [2.05, 4.69) is 69.9 Å². The van der Waals surface area contributed by atoms with Gasteiger partial charge in [0.2, 0.25) is 0 Å². The number of benzene rings is 2. The van der Waals surface area contributed by atoms with Crippen molar-refractivity contribution in [3.8, 4) is 5.75 Å². The molecule has 6 heteroatoms. The molecule has 5 nitrogen and oxygen atoms in total. The molecule has 0 spiro atoms. The van der Waals surface area contributed by atoms with E-state index < -0.39 is 0 Å². The number of rotatable bonds is 6. The number of nitrogens with zero attached hydrogens (tertiary/aromatic N) is 2. The average Bonchev–Trinajstić information content (AvgIpc) is 3.19. The lowest BCUT2D eigenvalue weighted by Crippen LogP contribution is -2.45. The molecule has 0 radical (unpaired) electrons. The minimum atomic E-state index is 0. The van der Waals surface area contributed by atoms with Gasteiger partial charge in [-0.25, -0.2) is 0 Å². The number of ether oxygens (including phenoxy) is 1. The second-order valence-corrected chi connectivity index (χ2v) is 7.01. The van der Waals surface area contributed by atoms with Crippen LogP contribution in [0.4, 0.5) is 5.69 Å². The van der Waals surface area contributed by atoms with E-state index in [1.54, 1.807) is 7.11 Å². The number of hydrogen-bond acceptors (Lipinski definition) is 3. The highest BCUT2D eigenvalue weighted by Crippen LogP contribution is 2.30. The molecular weight excluding hydrogens is 463 g/mol. The Balaban J connectivity index is 0.00000280. The van der Waals surface area contributed by atoms with Crippen molar-refractivity contribution in [3.05, 3.63) is 60.2 Å². The number of guanidine groups is 1. The van der Waals surface area contributed by atoms with E-state index in [0.29, 0.717) is 12.0 Å². The van der Waals surface area contributed by atoms with E-state index in [1.165, 1.54) is 5.56 Å². The lowest BCUT2D eigenvalue weighted by molar-refractivity contribution is 0.415. The smallest absolute Gasteiger partial charge is 0.191 e. The molecular formula is C22H31IN4O. The molecule has 1 saturated heterocycles. The predicted octanol–water partition coefficient (Wildman–Crippen LogP) is 3.86. The van der Waals surface area contributed by atoms with Crippen molar-refractivity contribution in [2.75, 3.05) is 38.7 Å². The van der Waals surface area contributed by atoms with Crippen LogP contribution in [0.5, 0.6) is 5.75 Å². The highest BCUT2D eigenvalue weighted by Gasteiger charge is 2.25. The van der Waals surface area contributed by atoms with Crippen molar-refractivity contribution in [2.45, 2.75) is 25.3 Å². The molecule has 1 aliphatic rings. The first-order valence-electron chi connectivity index (χ1n) is 9.61. The van der Waals surface area contributed by atoms with Crippen LogP contribution >= 0.6 is 24.0 Å². The number of nitrogens with one attached hydrogen (secondary N) is 2. The topological polar surface area (TPSA) is 48.9 Å². The van der Waals surface area contributed by atoms with Gasteiger partial charge in [0, 0.05) is 32.7 Å². The van der Waals surface area contributed by atoms with Crippen molar-refractivity contribution in [3.63, 3.8) is 0 Å². The van der Waals surface area contributed by atoms with Gasteiger partial charge in [0.15, 0.2) is 5.96 Å². The third kappa shape index (κ3) is 5.77. The maximum Gasteiger partial charge on any atom is 0.191 e. The van der Waals surface area contributed by atoms with E-state index in [4.69, 9.17) is 4.74 Å². The van der Waals surface area contributed by atoms with Crippen LogP contribution in [0.1, 0.15) is 24.8 Å². The van der Waals surface area contributed by atoms with Gasteiger partial charge in [0.1, 0.15) is 5.75 Å². The molecule has 1 aliphatic heterocycles. The molecule has 2 N–H and O–H groups in total. The lowest BCUT2D eigenvalue weighted by Gasteiger charge is -2.22. The van der Waals surface area contributed by atoms with E-state index in [-0.39, 0.29) is 24.0 Å². The number of halogens is 1. The van der Waals surface area contributed by atoms with Gasteiger partial charge < -0.3 is 20.3 Å². The number of hydrogen-bond donors (Lipinski definition) is 2. The molecule has 0 saturated carbocycles. The molecule has 0 aromatic heterocycles. The van der Waals surface area contributed by atoms with Crippen LogP contribution in [0.15, 0.2) is 59.6 Å². The van der Waals surface area contributed by atoms with Crippen LogP contribution in [0.25, 0.3) is 0 Å². The highest BCUT2D eigenvalue weighted by atomic mass is 127. The molecule has 2 aromatic rings. The predicted molar refractivity (Wildman–Crippen MR) is 128 cm³/mol. The Kier molecular flexibility index (Phi) is 8.89. The Morgan fingerprint density at radius 1 is 1.18 bits per heavy atom.